The van der Waals surface area contributed by atoms with E-state index < -0.39 is 23.1 Å². The molecule has 0 aromatic carbocycles. The fourth-order valence-corrected chi connectivity index (χ4v) is 2.63. The number of aliphatic imine (C=N–C) groups is 1. The number of hydrogen-bond donors (Lipinski definition) is 4. The monoisotopic (exact) mass is 471 g/mol. The Morgan fingerprint density at radius 3 is 1.88 bits per heavy atom. The minimum atomic E-state index is -0.736. The van der Waals surface area contributed by atoms with Crippen LogP contribution in [0.15, 0.2) is 58.3 Å². The fourth-order valence-electron chi connectivity index (χ4n) is 2.63. The maximum atomic E-state index is 12.6. The van der Waals surface area contributed by atoms with Gasteiger partial charge in [-0.05, 0) is 37.1 Å². The van der Waals surface area contributed by atoms with E-state index in [1.54, 1.807) is 12.1 Å². The SMILES string of the molecule is CC(=O)Nc1cccc(NC(=O)c2cc(=O)cc(C(=O)Nc3cccc(N=C(C)[O-])n3)[nH]2)n1.[Na+]. The maximum absolute atomic E-state index is 12.6. The third-order valence-corrected chi connectivity index (χ3v) is 3.87. The van der Waals surface area contributed by atoms with E-state index in [2.05, 4.69) is 35.9 Å². The van der Waals surface area contributed by atoms with Crippen molar-refractivity contribution in [3.05, 3.63) is 70.1 Å². The molecule has 3 aromatic rings. The van der Waals surface area contributed by atoms with Gasteiger partial charge < -0.3 is 26.0 Å². The molecular formula is C21H18N7NaO5. The van der Waals surface area contributed by atoms with Crippen molar-refractivity contribution in [2.24, 2.45) is 4.99 Å². The summed E-state index contributed by atoms with van der Waals surface area (Å²) in [4.78, 5) is 62.7. The molecule has 168 valence electrons. The van der Waals surface area contributed by atoms with Crippen LogP contribution in [0.5, 0.6) is 0 Å². The number of nitrogens with zero attached hydrogens (tertiary/aromatic N) is 3. The molecular weight excluding hydrogens is 453 g/mol. The van der Waals surface area contributed by atoms with Crippen LogP contribution in [0, 0.1) is 0 Å². The fraction of sp³-hybridized carbons (Fsp3) is 0.0952. The van der Waals surface area contributed by atoms with E-state index in [0.717, 1.165) is 12.1 Å². The summed E-state index contributed by atoms with van der Waals surface area (Å²) in [5, 5.41) is 18.5. The number of H-pyrrole nitrogens is 1. The van der Waals surface area contributed by atoms with Crippen molar-refractivity contribution in [2.75, 3.05) is 16.0 Å². The Bertz CT molecular complexity index is 1320. The van der Waals surface area contributed by atoms with Crippen LogP contribution in [0.2, 0.25) is 0 Å². The zero-order valence-electron chi connectivity index (χ0n) is 18.5. The zero-order chi connectivity index (χ0) is 24.0. The minimum absolute atomic E-state index is 0. The van der Waals surface area contributed by atoms with Gasteiger partial charge in [-0.1, -0.05) is 12.1 Å². The maximum Gasteiger partial charge on any atom is 1.00 e. The normalized spacial score (nSPS) is 10.6. The van der Waals surface area contributed by atoms with Gasteiger partial charge in [0.15, 0.2) is 11.2 Å². The molecule has 0 aliphatic carbocycles. The van der Waals surface area contributed by atoms with Crippen LogP contribution < -0.4 is 56.0 Å². The molecule has 0 radical (unpaired) electrons. The Labute approximate surface area is 215 Å². The molecule has 0 unspecified atom stereocenters. The van der Waals surface area contributed by atoms with Crippen molar-refractivity contribution in [1.29, 1.82) is 0 Å². The van der Waals surface area contributed by atoms with E-state index in [4.69, 9.17) is 0 Å². The number of anilines is 3. The van der Waals surface area contributed by atoms with Gasteiger partial charge in [0.05, 0.1) is 0 Å². The Balaban J connectivity index is 0.00000408. The van der Waals surface area contributed by atoms with Gasteiger partial charge in [-0.2, -0.15) is 0 Å². The van der Waals surface area contributed by atoms with E-state index in [1.165, 1.54) is 38.1 Å². The number of carbonyl (C=O) groups is 3. The average molecular weight is 471 g/mol. The second kappa shape index (κ2) is 11.8. The zero-order valence-corrected chi connectivity index (χ0v) is 20.5. The molecule has 0 saturated heterocycles. The van der Waals surface area contributed by atoms with Gasteiger partial charge in [0.1, 0.15) is 28.8 Å². The summed E-state index contributed by atoms with van der Waals surface area (Å²) in [6.45, 7) is 2.58. The number of pyridine rings is 3. The van der Waals surface area contributed by atoms with Crippen molar-refractivity contribution in [2.45, 2.75) is 13.8 Å². The summed E-state index contributed by atoms with van der Waals surface area (Å²) < 4.78 is 0. The molecule has 3 rings (SSSR count). The molecule has 0 spiro atoms. The van der Waals surface area contributed by atoms with Crippen LogP contribution in [0.4, 0.5) is 23.3 Å². The molecule has 0 bridgehead atoms. The largest absolute Gasteiger partial charge is 1.00 e. The minimum Gasteiger partial charge on any atom is -0.862 e. The predicted molar refractivity (Wildman–Crippen MR) is 119 cm³/mol. The molecule has 3 heterocycles. The van der Waals surface area contributed by atoms with Gasteiger partial charge in [0.25, 0.3) is 11.8 Å². The number of nitrogens with one attached hydrogen (secondary N) is 4. The van der Waals surface area contributed by atoms with Crippen LogP contribution in [0.25, 0.3) is 0 Å². The van der Waals surface area contributed by atoms with Gasteiger partial charge in [0, 0.05) is 19.1 Å². The van der Waals surface area contributed by atoms with Gasteiger partial charge >= 0.3 is 29.6 Å². The van der Waals surface area contributed by atoms with Crippen LogP contribution in [0.3, 0.4) is 0 Å². The van der Waals surface area contributed by atoms with Gasteiger partial charge in [0.2, 0.25) is 5.91 Å². The van der Waals surface area contributed by atoms with Crippen LogP contribution in [0.1, 0.15) is 34.8 Å². The van der Waals surface area contributed by atoms with E-state index >= 15 is 0 Å². The molecule has 0 aliphatic rings. The summed E-state index contributed by atoms with van der Waals surface area (Å²) in [6.07, 6.45) is 0. The van der Waals surface area contributed by atoms with Crippen molar-refractivity contribution in [3.63, 3.8) is 0 Å². The number of aromatic amines is 1. The van der Waals surface area contributed by atoms with Gasteiger partial charge in [-0.25, -0.2) is 15.0 Å². The first kappa shape index (κ1) is 26.4. The van der Waals surface area contributed by atoms with E-state index in [9.17, 15) is 24.3 Å². The third kappa shape index (κ3) is 7.62. The molecule has 4 N–H and O–H groups in total. The summed E-state index contributed by atoms with van der Waals surface area (Å²) in [5.41, 5.74) is -0.965. The Kier molecular flexibility index (Phi) is 9.18. The Morgan fingerprint density at radius 1 is 0.853 bits per heavy atom. The summed E-state index contributed by atoms with van der Waals surface area (Å²) >= 11 is 0. The molecule has 34 heavy (non-hydrogen) atoms. The first-order valence-electron chi connectivity index (χ1n) is 9.50. The summed E-state index contributed by atoms with van der Waals surface area (Å²) in [7, 11) is 0. The number of amides is 3. The second-order valence-corrected chi connectivity index (χ2v) is 6.65. The molecule has 0 atom stereocenters. The summed E-state index contributed by atoms with van der Waals surface area (Å²) in [5.74, 6) is -1.69. The average Bonchev–Trinajstić information content (AvgIpc) is 2.73. The first-order valence-corrected chi connectivity index (χ1v) is 9.50. The molecule has 3 amide bonds. The van der Waals surface area contributed by atoms with E-state index in [-0.39, 0.29) is 70.1 Å². The molecule has 3 aromatic heterocycles. The Morgan fingerprint density at radius 2 is 1.35 bits per heavy atom. The van der Waals surface area contributed by atoms with Crippen LogP contribution in [-0.4, -0.2) is 38.6 Å². The van der Waals surface area contributed by atoms with Crippen molar-refractivity contribution >= 4 is 46.9 Å². The topological polar surface area (TPSA) is 181 Å². The molecule has 0 fully saturated rings. The third-order valence-electron chi connectivity index (χ3n) is 3.87. The van der Waals surface area contributed by atoms with Crippen molar-refractivity contribution < 1.29 is 49.0 Å². The van der Waals surface area contributed by atoms with Gasteiger partial charge in [-0.15, -0.1) is 0 Å². The first-order chi connectivity index (χ1) is 15.7. The predicted octanol–water partition coefficient (Wildman–Crippen LogP) is -1.96. The van der Waals surface area contributed by atoms with Crippen molar-refractivity contribution in [1.82, 2.24) is 15.0 Å². The molecule has 0 saturated carbocycles. The standard InChI is InChI=1S/C21H19N7O5.Na/c1-11(29)22-16-5-3-7-18(25-16)27-20(32)14-9-13(31)10-15(24-14)21(33)28-19-8-4-6-17(26-19)23-12(2)30;/h3-10H,1-2H3,(H,24,31)(H2,22,25,27,29,32)(H2,23,26,28,30,33);/q;+1/p-1. The van der Waals surface area contributed by atoms with E-state index in [0.29, 0.717) is 0 Å². The number of hydrogen-bond acceptors (Lipinski definition) is 8. The molecule has 0 aliphatic heterocycles. The smallest absolute Gasteiger partial charge is 0.862 e. The second-order valence-electron chi connectivity index (χ2n) is 6.65. The number of aromatic nitrogens is 3. The Hall–Kier alpha value is -3.87. The van der Waals surface area contributed by atoms with Crippen molar-refractivity contribution in [3.8, 4) is 0 Å². The van der Waals surface area contributed by atoms with Crippen LogP contribution >= 0.6 is 0 Å². The number of carbonyl (C=O) groups excluding carboxylic acids is 3. The van der Waals surface area contributed by atoms with Gasteiger partial charge in [-0.3, -0.25) is 19.2 Å². The van der Waals surface area contributed by atoms with E-state index in [1.807, 2.05) is 0 Å². The molecule has 13 heteroatoms. The quantitative estimate of drug-likeness (QED) is 0.183. The molecule has 12 nitrogen and oxygen atoms in total. The summed E-state index contributed by atoms with van der Waals surface area (Å²) in [6, 6.07) is 11.1. The number of rotatable bonds is 6. The van der Waals surface area contributed by atoms with Crippen LogP contribution in [-0.2, 0) is 4.79 Å².